The van der Waals surface area contributed by atoms with Gasteiger partial charge in [0.15, 0.2) is 0 Å². The first-order chi connectivity index (χ1) is 9.29. The Morgan fingerprint density at radius 2 is 2.37 bits per heavy atom. The van der Waals surface area contributed by atoms with E-state index in [2.05, 4.69) is 15.4 Å². The van der Waals surface area contributed by atoms with Crippen molar-refractivity contribution in [1.82, 2.24) is 19.9 Å². The minimum atomic E-state index is -0.0926. The number of carbonyl (C=O) groups is 1. The number of hydrogen-bond acceptors (Lipinski definition) is 3. The molecule has 1 amide bonds. The SMILES string of the molecule is O=C(NC1CCCC1CCl)c1cnn2ccncc12. The summed E-state index contributed by atoms with van der Waals surface area (Å²) in [6.07, 6.45) is 9.81. The molecule has 1 N–H and O–H groups in total. The maximum absolute atomic E-state index is 12.3. The van der Waals surface area contributed by atoms with Crippen LogP contribution in [0.25, 0.3) is 5.52 Å². The zero-order chi connectivity index (χ0) is 13.2. The molecule has 1 aliphatic rings. The van der Waals surface area contributed by atoms with E-state index in [0.29, 0.717) is 17.4 Å². The quantitative estimate of drug-likeness (QED) is 0.872. The molecule has 2 aromatic heterocycles. The second-order valence-corrected chi connectivity index (χ2v) is 5.20. The molecule has 0 radical (unpaired) electrons. The van der Waals surface area contributed by atoms with Gasteiger partial charge in [-0.15, -0.1) is 11.6 Å². The molecule has 2 heterocycles. The van der Waals surface area contributed by atoms with Crippen LogP contribution in [0.2, 0.25) is 0 Å². The number of nitrogens with zero attached hydrogens (tertiary/aromatic N) is 3. The third-order valence-electron chi connectivity index (χ3n) is 3.74. The molecule has 1 fully saturated rings. The Kier molecular flexibility index (Phi) is 3.38. The van der Waals surface area contributed by atoms with Gasteiger partial charge in [0, 0.05) is 24.3 Å². The summed E-state index contributed by atoms with van der Waals surface area (Å²) in [5.41, 5.74) is 1.29. The molecule has 2 unspecified atom stereocenters. The topological polar surface area (TPSA) is 59.3 Å². The highest BCUT2D eigenvalue weighted by atomic mass is 35.5. The van der Waals surface area contributed by atoms with Crippen molar-refractivity contribution in [2.24, 2.45) is 5.92 Å². The first-order valence-corrected chi connectivity index (χ1v) is 6.97. The number of alkyl halides is 1. The van der Waals surface area contributed by atoms with Crippen LogP contribution in [-0.4, -0.2) is 32.4 Å². The summed E-state index contributed by atoms with van der Waals surface area (Å²) < 4.78 is 1.65. The zero-order valence-corrected chi connectivity index (χ0v) is 11.2. The monoisotopic (exact) mass is 278 g/mol. The Balaban J connectivity index is 1.80. The normalized spacial score (nSPS) is 22.8. The van der Waals surface area contributed by atoms with E-state index in [1.807, 2.05) is 0 Å². The molecule has 0 spiro atoms. The first kappa shape index (κ1) is 12.4. The number of carbonyl (C=O) groups excluding carboxylic acids is 1. The van der Waals surface area contributed by atoms with Gasteiger partial charge in [0.05, 0.1) is 23.5 Å². The van der Waals surface area contributed by atoms with Crippen LogP contribution in [0.1, 0.15) is 29.6 Å². The second-order valence-electron chi connectivity index (χ2n) is 4.89. The van der Waals surface area contributed by atoms with Crippen LogP contribution in [0, 0.1) is 5.92 Å². The summed E-state index contributed by atoms with van der Waals surface area (Å²) in [7, 11) is 0. The Bertz CT molecular complexity index is 597. The van der Waals surface area contributed by atoms with Gasteiger partial charge in [0.2, 0.25) is 0 Å². The van der Waals surface area contributed by atoms with Crippen LogP contribution in [0.15, 0.2) is 24.8 Å². The van der Waals surface area contributed by atoms with Gasteiger partial charge in [-0.2, -0.15) is 5.10 Å². The molecule has 1 aliphatic carbocycles. The molecular formula is C13H15ClN4O. The van der Waals surface area contributed by atoms with Crippen LogP contribution >= 0.6 is 11.6 Å². The van der Waals surface area contributed by atoms with Crippen molar-refractivity contribution in [2.45, 2.75) is 25.3 Å². The number of fused-ring (bicyclic) bond motifs is 1. The smallest absolute Gasteiger partial charge is 0.255 e. The lowest BCUT2D eigenvalue weighted by Gasteiger charge is -2.18. The van der Waals surface area contributed by atoms with E-state index < -0.39 is 0 Å². The predicted molar refractivity (Wildman–Crippen MR) is 72.3 cm³/mol. The van der Waals surface area contributed by atoms with Crippen molar-refractivity contribution in [1.29, 1.82) is 0 Å². The fourth-order valence-electron chi connectivity index (χ4n) is 2.67. The minimum Gasteiger partial charge on any atom is -0.349 e. The fourth-order valence-corrected chi connectivity index (χ4v) is 3.04. The van der Waals surface area contributed by atoms with Crippen LogP contribution in [0.3, 0.4) is 0 Å². The third-order valence-corrected chi connectivity index (χ3v) is 4.14. The van der Waals surface area contributed by atoms with Gasteiger partial charge >= 0.3 is 0 Å². The molecule has 0 aliphatic heterocycles. The van der Waals surface area contributed by atoms with E-state index in [0.717, 1.165) is 24.8 Å². The lowest BCUT2D eigenvalue weighted by atomic mass is 10.1. The molecular weight excluding hydrogens is 264 g/mol. The van der Waals surface area contributed by atoms with E-state index in [9.17, 15) is 4.79 Å². The molecule has 0 aromatic carbocycles. The summed E-state index contributed by atoms with van der Waals surface area (Å²) in [5.74, 6) is 0.886. The predicted octanol–water partition coefficient (Wildman–Crippen LogP) is 1.87. The van der Waals surface area contributed by atoms with Crippen LogP contribution in [0.5, 0.6) is 0 Å². The molecule has 0 saturated heterocycles. The van der Waals surface area contributed by atoms with E-state index in [4.69, 9.17) is 11.6 Å². The van der Waals surface area contributed by atoms with E-state index in [1.165, 1.54) is 0 Å². The van der Waals surface area contributed by atoms with Crippen molar-refractivity contribution in [3.63, 3.8) is 0 Å². The standard InChI is InChI=1S/C13H15ClN4O/c14-6-9-2-1-3-11(9)17-13(19)10-7-16-18-5-4-15-8-12(10)18/h4-5,7-9,11H,1-3,6H2,(H,17,19). The van der Waals surface area contributed by atoms with Crippen molar-refractivity contribution in [3.05, 3.63) is 30.4 Å². The number of nitrogens with one attached hydrogen (secondary N) is 1. The second kappa shape index (κ2) is 5.17. The van der Waals surface area contributed by atoms with Gasteiger partial charge in [-0.25, -0.2) is 4.52 Å². The lowest BCUT2D eigenvalue weighted by Crippen LogP contribution is -2.37. The highest BCUT2D eigenvalue weighted by Crippen LogP contribution is 2.27. The number of hydrogen-bond donors (Lipinski definition) is 1. The van der Waals surface area contributed by atoms with Crippen molar-refractivity contribution in [3.8, 4) is 0 Å². The van der Waals surface area contributed by atoms with Crippen LogP contribution in [-0.2, 0) is 0 Å². The summed E-state index contributed by atoms with van der Waals surface area (Å²) in [5, 5.41) is 7.21. The largest absolute Gasteiger partial charge is 0.349 e. The molecule has 100 valence electrons. The maximum Gasteiger partial charge on any atom is 0.255 e. The molecule has 6 heteroatoms. The van der Waals surface area contributed by atoms with Crippen molar-refractivity contribution >= 4 is 23.0 Å². The molecule has 5 nitrogen and oxygen atoms in total. The highest BCUT2D eigenvalue weighted by Gasteiger charge is 2.28. The average Bonchev–Trinajstić information content (AvgIpc) is 3.04. The summed E-state index contributed by atoms with van der Waals surface area (Å²) in [6, 6.07) is 0.177. The van der Waals surface area contributed by atoms with Gasteiger partial charge in [-0.1, -0.05) is 6.42 Å². The molecule has 3 rings (SSSR count). The average molecular weight is 279 g/mol. The Hall–Kier alpha value is -1.62. The molecule has 2 aromatic rings. The first-order valence-electron chi connectivity index (χ1n) is 6.44. The third kappa shape index (κ3) is 2.30. The number of aromatic nitrogens is 3. The maximum atomic E-state index is 12.3. The summed E-state index contributed by atoms with van der Waals surface area (Å²) >= 11 is 5.93. The number of amides is 1. The molecule has 19 heavy (non-hydrogen) atoms. The summed E-state index contributed by atoms with van der Waals surface area (Å²) in [6.45, 7) is 0. The fraction of sp³-hybridized carbons (Fsp3) is 0.462. The highest BCUT2D eigenvalue weighted by molar-refractivity contribution is 6.18. The minimum absolute atomic E-state index is 0.0926. The van der Waals surface area contributed by atoms with Crippen LogP contribution in [0.4, 0.5) is 0 Å². The Morgan fingerprint density at radius 3 is 3.21 bits per heavy atom. The van der Waals surface area contributed by atoms with Gasteiger partial charge in [-0.05, 0) is 18.8 Å². The van der Waals surface area contributed by atoms with Crippen molar-refractivity contribution in [2.75, 3.05) is 5.88 Å². The number of rotatable bonds is 3. The van der Waals surface area contributed by atoms with Gasteiger partial charge in [0.1, 0.15) is 0 Å². The van der Waals surface area contributed by atoms with Gasteiger partial charge < -0.3 is 5.32 Å². The molecule has 1 saturated carbocycles. The number of halogens is 1. The zero-order valence-electron chi connectivity index (χ0n) is 10.4. The van der Waals surface area contributed by atoms with Crippen molar-refractivity contribution < 1.29 is 4.79 Å². The van der Waals surface area contributed by atoms with Gasteiger partial charge in [-0.3, -0.25) is 9.78 Å². The molecule has 0 bridgehead atoms. The van der Waals surface area contributed by atoms with E-state index in [-0.39, 0.29) is 11.9 Å². The Morgan fingerprint density at radius 1 is 1.47 bits per heavy atom. The summed E-state index contributed by atoms with van der Waals surface area (Å²) in [4.78, 5) is 16.3. The molecule has 2 atom stereocenters. The lowest BCUT2D eigenvalue weighted by molar-refractivity contribution is 0.0931. The Labute approximate surface area is 116 Å². The van der Waals surface area contributed by atoms with Crippen LogP contribution < -0.4 is 5.32 Å². The van der Waals surface area contributed by atoms with E-state index >= 15 is 0 Å². The van der Waals surface area contributed by atoms with E-state index in [1.54, 1.807) is 29.3 Å². The van der Waals surface area contributed by atoms with Gasteiger partial charge in [0.25, 0.3) is 5.91 Å².